The van der Waals surface area contributed by atoms with Crippen LogP contribution in [0.1, 0.15) is 28.8 Å². The van der Waals surface area contributed by atoms with E-state index in [2.05, 4.69) is 14.9 Å². The van der Waals surface area contributed by atoms with E-state index in [0.717, 1.165) is 20.8 Å². The van der Waals surface area contributed by atoms with E-state index in [1.165, 1.54) is 0 Å². The number of hydrogen-bond acceptors (Lipinski definition) is 6. The molecule has 0 amide bonds. The number of benzene rings is 1. The van der Waals surface area contributed by atoms with Crippen molar-refractivity contribution < 1.29 is 9.84 Å². The van der Waals surface area contributed by atoms with Gasteiger partial charge in [-0.3, -0.25) is 9.69 Å². The highest BCUT2D eigenvalue weighted by Crippen LogP contribution is 2.25. The highest BCUT2D eigenvalue weighted by Gasteiger charge is 2.17. The third kappa shape index (κ3) is 5.05. The van der Waals surface area contributed by atoms with Gasteiger partial charge in [-0.25, -0.2) is 4.98 Å². The van der Waals surface area contributed by atoms with Crippen LogP contribution < -0.4 is 5.56 Å². The van der Waals surface area contributed by atoms with E-state index in [1.807, 2.05) is 51.1 Å². The number of aromatic amines is 1. The minimum atomic E-state index is -0.606. The summed E-state index contributed by atoms with van der Waals surface area (Å²) < 4.78 is 5.34. The molecule has 0 aliphatic heterocycles. The van der Waals surface area contributed by atoms with Gasteiger partial charge in [-0.1, -0.05) is 30.3 Å². The van der Waals surface area contributed by atoms with Gasteiger partial charge in [-0.15, -0.1) is 11.3 Å². The lowest BCUT2D eigenvalue weighted by Gasteiger charge is -2.24. The van der Waals surface area contributed by atoms with E-state index in [1.54, 1.807) is 11.3 Å². The summed E-state index contributed by atoms with van der Waals surface area (Å²) in [4.78, 5) is 24.1. The predicted octanol–water partition coefficient (Wildman–Crippen LogP) is 3.00. The zero-order valence-electron chi connectivity index (χ0n) is 16.6. The Bertz CT molecular complexity index is 968. The number of nitrogens with one attached hydrogen (secondary N) is 1. The first-order valence-corrected chi connectivity index (χ1v) is 10.3. The van der Waals surface area contributed by atoms with Gasteiger partial charge in [0, 0.05) is 24.6 Å². The summed E-state index contributed by atoms with van der Waals surface area (Å²) in [7, 11) is 0. The SMILES string of the molecule is CCOCC(O)CN(Cc1ccccc1)Cc1nc2sc(C)c(C)c2c(=O)[nH]1. The van der Waals surface area contributed by atoms with Gasteiger partial charge in [-0.05, 0) is 31.9 Å². The molecule has 28 heavy (non-hydrogen) atoms. The van der Waals surface area contributed by atoms with Crippen LogP contribution in [0.15, 0.2) is 35.1 Å². The molecule has 2 heterocycles. The molecule has 0 saturated heterocycles. The van der Waals surface area contributed by atoms with Crippen molar-refractivity contribution in [3.8, 4) is 0 Å². The van der Waals surface area contributed by atoms with Crippen LogP contribution in [0, 0.1) is 13.8 Å². The maximum absolute atomic E-state index is 12.6. The first-order valence-electron chi connectivity index (χ1n) is 9.49. The summed E-state index contributed by atoms with van der Waals surface area (Å²) in [6, 6.07) is 10.1. The van der Waals surface area contributed by atoms with Crippen LogP contribution in [0.2, 0.25) is 0 Å². The minimum absolute atomic E-state index is 0.101. The van der Waals surface area contributed by atoms with Crippen LogP contribution >= 0.6 is 11.3 Å². The van der Waals surface area contributed by atoms with Crippen molar-refractivity contribution in [2.24, 2.45) is 0 Å². The molecule has 3 aromatic rings. The summed E-state index contributed by atoms with van der Waals surface area (Å²) in [6.45, 7) is 8.24. The lowest BCUT2D eigenvalue weighted by Crippen LogP contribution is -2.35. The molecule has 2 N–H and O–H groups in total. The topological polar surface area (TPSA) is 78.5 Å². The molecule has 150 valence electrons. The van der Waals surface area contributed by atoms with Crippen LogP contribution in [0.4, 0.5) is 0 Å². The average molecular weight is 402 g/mol. The van der Waals surface area contributed by atoms with Crippen molar-refractivity contribution in [3.63, 3.8) is 0 Å². The van der Waals surface area contributed by atoms with Gasteiger partial charge in [-0.2, -0.15) is 0 Å². The second-order valence-corrected chi connectivity index (χ2v) is 8.15. The van der Waals surface area contributed by atoms with Crippen molar-refractivity contribution in [2.45, 2.75) is 40.0 Å². The molecule has 1 atom stereocenters. The van der Waals surface area contributed by atoms with Crippen LogP contribution in [-0.4, -0.2) is 45.8 Å². The van der Waals surface area contributed by atoms with Crippen molar-refractivity contribution in [3.05, 3.63) is 62.5 Å². The molecule has 6 nitrogen and oxygen atoms in total. The highest BCUT2D eigenvalue weighted by molar-refractivity contribution is 7.18. The summed E-state index contributed by atoms with van der Waals surface area (Å²) in [6.07, 6.45) is -0.606. The van der Waals surface area contributed by atoms with Crippen molar-refractivity contribution in [2.75, 3.05) is 19.8 Å². The largest absolute Gasteiger partial charge is 0.389 e. The maximum atomic E-state index is 12.6. The first-order chi connectivity index (χ1) is 13.5. The van der Waals surface area contributed by atoms with E-state index in [9.17, 15) is 9.90 Å². The molecular formula is C21H27N3O3S. The monoisotopic (exact) mass is 401 g/mol. The van der Waals surface area contributed by atoms with Crippen LogP contribution in [0.5, 0.6) is 0 Å². The Hall–Kier alpha value is -2.06. The van der Waals surface area contributed by atoms with E-state index in [0.29, 0.717) is 37.5 Å². The molecule has 0 radical (unpaired) electrons. The second-order valence-electron chi connectivity index (χ2n) is 6.94. The zero-order chi connectivity index (χ0) is 20.1. The number of aryl methyl sites for hydroxylation is 2. The fourth-order valence-corrected chi connectivity index (χ4v) is 4.27. The van der Waals surface area contributed by atoms with Crippen LogP contribution in [0.25, 0.3) is 10.2 Å². The molecule has 0 saturated carbocycles. The Kier molecular flexibility index (Phi) is 6.96. The van der Waals surface area contributed by atoms with E-state index < -0.39 is 6.10 Å². The third-order valence-corrected chi connectivity index (χ3v) is 5.79. The molecule has 1 aromatic carbocycles. The van der Waals surface area contributed by atoms with E-state index in [-0.39, 0.29) is 12.2 Å². The standard InChI is InChI=1S/C21H27N3O3S/c1-4-27-13-17(25)11-24(10-16-8-6-5-7-9-16)12-18-22-20(26)19-14(2)15(3)28-21(19)23-18/h5-9,17,25H,4,10-13H2,1-3H3,(H,22,23,26). The molecule has 7 heteroatoms. The van der Waals surface area contributed by atoms with E-state index >= 15 is 0 Å². The number of aliphatic hydroxyl groups is 1. The van der Waals surface area contributed by atoms with Gasteiger partial charge in [0.05, 0.1) is 24.6 Å². The summed E-state index contributed by atoms with van der Waals surface area (Å²) in [5.74, 6) is 0.610. The Labute approximate surface area is 168 Å². The number of rotatable bonds is 9. The Balaban J connectivity index is 1.83. The highest BCUT2D eigenvalue weighted by atomic mass is 32.1. The number of aromatic nitrogens is 2. The van der Waals surface area contributed by atoms with Gasteiger partial charge < -0.3 is 14.8 Å². The van der Waals surface area contributed by atoms with Gasteiger partial charge in [0.15, 0.2) is 0 Å². The lowest BCUT2D eigenvalue weighted by molar-refractivity contribution is 0.0175. The van der Waals surface area contributed by atoms with Gasteiger partial charge in [0.25, 0.3) is 5.56 Å². The lowest BCUT2D eigenvalue weighted by atomic mass is 10.2. The second kappa shape index (κ2) is 9.43. The van der Waals surface area contributed by atoms with E-state index in [4.69, 9.17) is 4.74 Å². The normalized spacial score (nSPS) is 12.8. The number of fused-ring (bicyclic) bond motifs is 1. The number of nitrogens with zero attached hydrogens (tertiary/aromatic N) is 2. The van der Waals surface area contributed by atoms with Crippen molar-refractivity contribution >= 4 is 21.6 Å². The Morgan fingerprint density at radius 2 is 2.00 bits per heavy atom. The molecule has 2 aromatic heterocycles. The fraction of sp³-hybridized carbons (Fsp3) is 0.429. The summed E-state index contributed by atoms with van der Waals surface area (Å²) >= 11 is 1.54. The number of thiophene rings is 1. The van der Waals surface area contributed by atoms with Gasteiger partial charge >= 0.3 is 0 Å². The first kappa shape index (κ1) is 20.7. The van der Waals surface area contributed by atoms with Crippen LogP contribution in [0.3, 0.4) is 0 Å². The zero-order valence-corrected chi connectivity index (χ0v) is 17.4. The number of hydrogen-bond donors (Lipinski definition) is 2. The summed E-state index contributed by atoms with van der Waals surface area (Å²) in [5.41, 5.74) is 2.03. The van der Waals surface area contributed by atoms with Crippen molar-refractivity contribution in [1.82, 2.24) is 14.9 Å². The number of ether oxygens (including phenoxy) is 1. The van der Waals surface area contributed by atoms with Crippen molar-refractivity contribution in [1.29, 1.82) is 0 Å². The van der Waals surface area contributed by atoms with Gasteiger partial charge in [0.1, 0.15) is 10.7 Å². The smallest absolute Gasteiger partial charge is 0.259 e. The molecule has 3 rings (SSSR count). The molecule has 1 unspecified atom stereocenters. The average Bonchev–Trinajstić information content (AvgIpc) is 2.95. The minimum Gasteiger partial charge on any atom is -0.389 e. The number of aliphatic hydroxyl groups excluding tert-OH is 1. The fourth-order valence-electron chi connectivity index (χ4n) is 3.22. The quantitative estimate of drug-likeness (QED) is 0.576. The van der Waals surface area contributed by atoms with Crippen LogP contribution in [-0.2, 0) is 17.8 Å². The third-order valence-electron chi connectivity index (χ3n) is 4.69. The molecule has 0 aliphatic rings. The molecule has 0 fully saturated rings. The Morgan fingerprint density at radius 3 is 2.71 bits per heavy atom. The summed E-state index contributed by atoms with van der Waals surface area (Å²) in [5, 5.41) is 11.0. The molecule has 0 spiro atoms. The maximum Gasteiger partial charge on any atom is 0.259 e. The Morgan fingerprint density at radius 1 is 1.25 bits per heavy atom. The number of H-pyrrole nitrogens is 1. The predicted molar refractivity (Wildman–Crippen MR) is 113 cm³/mol. The molecule has 0 bridgehead atoms. The molecular weight excluding hydrogens is 374 g/mol. The molecule has 0 aliphatic carbocycles. The van der Waals surface area contributed by atoms with Gasteiger partial charge in [0.2, 0.25) is 0 Å².